The zero-order chi connectivity index (χ0) is 7.83. The molecule has 0 saturated heterocycles. The lowest BCUT2D eigenvalue weighted by atomic mass is 9.84. The maximum Gasteiger partial charge on any atom is 0.235 e. The molecular formula is C5H8ClFO2S. The Labute approximate surface area is 63.8 Å². The van der Waals surface area contributed by atoms with E-state index in [1.54, 1.807) is 0 Å². The molecule has 10 heavy (non-hydrogen) atoms. The summed E-state index contributed by atoms with van der Waals surface area (Å²) < 4.78 is 33.7. The lowest BCUT2D eigenvalue weighted by molar-refractivity contribution is 0.0896. The summed E-state index contributed by atoms with van der Waals surface area (Å²) in [6.07, 6.45) is 1.43. The van der Waals surface area contributed by atoms with Gasteiger partial charge in [-0.3, -0.25) is 0 Å². The minimum atomic E-state index is -3.65. The Balaban J connectivity index is 2.53. The molecule has 1 saturated carbocycles. The highest BCUT2D eigenvalue weighted by molar-refractivity contribution is 8.13. The van der Waals surface area contributed by atoms with Gasteiger partial charge in [-0.1, -0.05) is 0 Å². The first-order chi connectivity index (χ1) is 4.41. The van der Waals surface area contributed by atoms with Gasteiger partial charge < -0.3 is 0 Å². The SMILES string of the molecule is O=S(=O)(Cl)CC1(F)CCC1. The molecule has 2 nitrogen and oxygen atoms in total. The molecule has 0 amide bonds. The molecule has 5 heteroatoms. The molecule has 1 fully saturated rings. The predicted octanol–water partition coefficient (Wildman–Crippen LogP) is 1.45. The number of rotatable bonds is 2. The van der Waals surface area contributed by atoms with Crippen molar-refractivity contribution in [1.82, 2.24) is 0 Å². The van der Waals surface area contributed by atoms with Gasteiger partial charge in [-0.2, -0.15) is 0 Å². The van der Waals surface area contributed by atoms with E-state index in [1.165, 1.54) is 0 Å². The van der Waals surface area contributed by atoms with Crippen molar-refractivity contribution >= 4 is 19.7 Å². The molecule has 0 aliphatic heterocycles. The van der Waals surface area contributed by atoms with Crippen molar-refractivity contribution in [2.75, 3.05) is 5.75 Å². The highest BCUT2D eigenvalue weighted by Crippen LogP contribution is 2.37. The average Bonchev–Trinajstić information content (AvgIpc) is 1.57. The van der Waals surface area contributed by atoms with Gasteiger partial charge in [0.25, 0.3) is 0 Å². The van der Waals surface area contributed by atoms with Crippen LogP contribution in [0.3, 0.4) is 0 Å². The Kier molecular flexibility index (Phi) is 1.94. The highest BCUT2D eigenvalue weighted by atomic mass is 35.7. The van der Waals surface area contributed by atoms with E-state index < -0.39 is 20.5 Å². The standard InChI is InChI=1S/C5H8ClFO2S/c6-10(8,9)4-5(7)2-1-3-5/h1-4H2. The van der Waals surface area contributed by atoms with Crippen molar-refractivity contribution in [2.24, 2.45) is 0 Å². The number of halogens is 2. The lowest BCUT2D eigenvalue weighted by Crippen LogP contribution is -2.37. The monoisotopic (exact) mass is 186 g/mol. The molecule has 0 N–H and O–H groups in total. The summed E-state index contributed by atoms with van der Waals surface area (Å²) in [6.45, 7) is 0. The van der Waals surface area contributed by atoms with E-state index in [9.17, 15) is 12.8 Å². The van der Waals surface area contributed by atoms with E-state index in [2.05, 4.69) is 0 Å². The Morgan fingerprint density at radius 2 is 2.00 bits per heavy atom. The van der Waals surface area contributed by atoms with Crippen LogP contribution >= 0.6 is 10.7 Å². The largest absolute Gasteiger partial charge is 0.243 e. The van der Waals surface area contributed by atoms with E-state index in [1.807, 2.05) is 0 Å². The summed E-state index contributed by atoms with van der Waals surface area (Å²) in [5.41, 5.74) is -1.51. The van der Waals surface area contributed by atoms with Gasteiger partial charge in [0.2, 0.25) is 9.05 Å². The molecule has 0 spiro atoms. The second kappa shape index (κ2) is 2.34. The van der Waals surface area contributed by atoms with Crippen molar-refractivity contribution in [3.63, 3.8) is 0 Å². The third-order valence-corrected chi connectivity index (χ3v) is 2.87. The van der Waals surface area contributed by atoms with Crippen LogP contribution in [0, 0.1) is 0 Å². The third kappa shape index (κ3) is 2.09. The Hall–Kier alpha value is 0.170. The van der Waals surface area contributed by atoms with Crippen molar-refractivity contribution in [3.05, 3.63) is 0 Å². The minimum absolute atomic E-state index is 0.332. The lowest BCUT2D eigenvalue weighted by Gasteiger charge is -2.32. The fourth-order valence-electron chi connectivity index (χ4n) is 1.01. The van der Waals surface area contributed by atoms with Gasteiger partial charge in [0.1, 0.15) is 5.67 Å². The van der Waals surface area contributed by atoms with Gasteiger partial charge in [-0.05, 0) is 19.3 Å². The molecular weight excluding hydrogens is 179 g/mol. The van der Waals surface area contributed by atoms with Crippen molar-refractivity contribution in [2.45, 2.75) is 24.9 Å². The first kappa shape index (κ1) is 8.27. The van der Waals surface area contributed by atoms with Crippen molar-refractivity contribution in [3.8, 4) is 0 Å². The van der Waals surface area contributed by atoms with E-state index in [-0.39, 0.29) is 0 Å². The van der Waals surface area contributed by atoms with Crippen LogP contribution in [0.15, 0.2) is 0 Å². The first-order valence-corrected chi connectivity index (χ1v) is 5.50. The first-order valence-electron chi connectivity index (χ1n) is 3.03. The van der Waals surface area contributed by atoms with Crippen LogP contribution in [-0.2, 0) is 9.05 Å². The van der Waals surface area contributed by atoms with Crippen LogP contribution in [0.25, 0.3) is 0 Å². The molecule has 1 aliphatic rings. The summed E-state index contributed by atoms with van der Waals surface area (Å²) >= 11 is 0. The molecule has 1 aliphatic carbocycles. The Morgan fingerprint density at radius 1 is 1.50 bits per heavy atom. The van der Waals surface area contributed by atoms with Gasteiger partial charge in [0, 0.05) is 10.7 Å². The third-order valence-electron chi connectivity index (χ3n) is 1.68. The fraction of sp³-hybridized carbons (Fsp3) is 1.00. The fourth-order valence-corrected chi connectivity index (χ4v) is 2.51. The van der Waals surface area contributed by atoms with Gasteiger partial charge in [-0.25, -0.2) is 12.8 Å². The number of hydrogen-bond acceptors (Lipinski definition) is 2. The quantitative estimate of drug-likeness (QED) is 0.612. The molecule has 0 aromatic rings. The molecule has 0 aromatic heterocycles. The summed E-state index contributed by atoms with van der Waals surface area (Å²) in [5, 5.41) is 0. The second-order valence-electron chi connectivity index (χ2n) is 2.69. The van der Waals surface area contributed by atoms with Crippen molar-refractivity contribution in [1.29, 1.82) is 0 Å². The molecule has 0 heterocycles. The number of alkyl halides is 1. The van der Waals surface area contributed by atoms with Gasteiger partial charge in [-0.15, -0.1) is 0 Å². The molecule has 0 radical (unpaired) electrons. The zero-order valence-corrected chi connectivity index (χ0v) is 6.88. The van der Waals surface area contributed by atoms with Crippen LogP contribution in [0.4, 0.5) is 4.39 Å². The minimum Gasteiger partial charge on any atom is -0.243 e. The van der Waals surface area contributed by atoms with E-state index >= 15 is 0 Å². The van der Waals surface area contributed by atoms with Gasteiger partial charge in [0.05, 0.1) is 5.75 Å². The molecule has 0 unspecified atom stereocenters. The molecule has 0 aromatic carbocycles. The van der Waals surface area contributed by atoms with E-state index in [0.29, 0.717) is 12.8 Å². The van der Waals surface area contributed by atoms with Gasteiger partial charge in [0.15, 0.2) is 0 Å². The maximum atomic E-state index is 12.9. The number of hydrogen-bond donors (Lipinski definition) is 0. The van der Waals surface area contributed by atoms with E-state index in [4.69, 9.17) is 10.7 Å². The summed E-state index contributed by atoms with van der Waals surface area (Å²) in [7, 11) is 1.22. The van der Waals surface area contributed by atoms with E-state index in [0.717, 1.165) is 6.42 Å². The predicted molar refractivity (Wildman–Crippen MR) is 37.3 cm³/mol. The molecule has 0 atom stereocenters. The summed E-state index contributed by atoms with van der Waals surface area (Å²) in [4.78, 5) is 0. The van der Waals surface area contributed by atoms with Crippen LogP contribution < -0.4 is 0 Å². The summed E-state index contributed by atoms with van der Waals surface area (Å²) in [6, 6.07) is 0. The topological polar surface area (TPSA) is 34.1 Å². The summed E-state index contributed by atoms with van der Waals surface area (Å²) in [5.74, 6) is -0.526. The van der Waals surface area contributed by atoms with Crippen LogP contribution in [0.1, 0.15) is 19.3 Å². The normalized spacial score (nSPS) is 23.8. The van der Waals surface area contributed by atoms with Crippen LogP contribution in [-0.4, -0.2) is 19.8 Å². The van der Waals surface area contributed by atoms with Crippen LogP contribution in [0.5, 0.6) is 0 Å². The molecule has 60 valence electrons. The van der Waals surface area contributed by atoms with Gasteiger partial charge >= 0.3 is 0 Å². The highest BCUT2D eigenvalue weighted by Gasteiger charge is 2.40. The average molecular weight is 187 g/mol. The zero-order valence-electron chi connectivity index (χ0n) is 5.31. The molecule has 0 bridgehead atoms. The Morgan fingerprint density at radius 3 is 2.10 bits per heavy atom. The molecule has 1 rings (SSSR count). The second-order valence-corrected chi connectivity index (χ2v) is 5.46. The van der Waals surface area contributed by atoms with Crippen molar-refractivity contribution < 1.29 is 12.8 Å². The maximum absolute atomic E-state index is 12.9. The smallest absolute Gasteiger partial charge is 0.235 e. The Bertz CT molecular complexity index is 220. The van der Waals surface area contributed by atoms with Crippen LogP contribution in [0.2, 0.25) is 0 Å².